The number of nitrogens with one attached hydrogen (secondary N) is 1. The number of nitrogens with zero attached hydrogens (tertiary/aromatic N) is 1. The second kappa shape index (κ2) is 7.46. The molecule has 0 amide bonds. The van der Waals surface area contributed by atoms with Crippen molar-refractivity contribution in [1.29, 1.82) is 0 Å². The normalized spacial score (nSPS) is 40.4. The molecule has 1 N–H and O–H groups in total. The third-order valence-corrected chi connectivity index (χ3v) is 6.56. The first-order chi connectivity index (χ1) is 9.93. The topological polar surface area (TPSA) is 15.3 Å². The van der Waals surface area contributed by atoms with Gasteiger partial charge in [0.15, 0.2) is 0 Å². The van der Waals surface area contributed by atoms with Crippen LogP contribution in [0.15, 0.2) is 0 Å². The van der Waals surface area contributed by atoms with Crippen molar-refractivity contribution in [1.82, 2.24) is 10.2 Å². The molecule has 6 atom stereocenters. The van der Waals surface area contributed by atoms with E-state index >= 15 is 0 Å². The first-order valence-electron chi connectivity index (χ1n) is 9.43. The van der Waals surface area contributed by atoms with Crippen LogP contribution in [-0.2, 0) is 0 Å². The Morgan fingerprint density at radius 2 is 1.81 bits per heavy atom. The van der Waals surface area contributed by atoms with Crippen molar-refractivity contribution in [3.8, 4) is 0 Å². The Morgan fingerprint density at radius 1 is 1.10 bits per heavy atom. The highest BCUT2D eigenvalue weighted by molar-refractivity contribution is 4.94. The lowest BCUT2D eigenvalue weighted by Gasteiger charge is -2.50. The molecular formula is C19H38N2. The molecule has 21 heavy (non-hydrogen) atoms. The number of hydrogen-bond acceptors (Lipinski definition) is 2. The Balaban J connectivity index is 2.07. The van der Waals surface area contributed by atoms with Gasteiger partial charge in [0, 0.05) is 31.2 Å². The summed E-state index contributed by atoms with van der Waals surface area (Å²) in [5.74, 6) is 3.37. The third kappa shape index (κ3) is 4.01. The van der Waals surface area contributed by atoms with Crippen molar-refractivity contribution in [3.63, 3.8) is 0 Å². The molecule has 1 heterocycles. The fourth-order valence-corrected chi connectivity index (χ4v) is 4.34. The average Bonchev–Trinajstić information content (AvgIpc) is 2.48. The van der Waals surface area contributed by atoms with Crippen molar-refractivity contribution in [2.24, 2.45) is 23.7 Å². The van der Waals surface area contributed by atoms with E-state index < -0.39 is 0 Å². The number of hydrogen-bond donors (Lipinski definition) is 1. The van der Waals surface area contributed by atoms with Crippen molar-refractivity contribution in [2.45, 2.75) is 85.4 Å². The van der Waals surface area contributed by atoms with E-state index in [1.807, 2.05) is 0 Å². The molecule has 1 aliphatic heterocycles. The zero-order chi connectivity index (χ0) is 15.6. The van der Waals surface area contributed by atoms with Gasteiger partial charge in [0.05, 0.1) is 0 Å². The number of rotatable bonds is 4. The van der Waals surface area contributed by atoms with E-state index in [1.54, 1.807) is 0 Å². The van der Waals surface area contributed by atoms with E-state index in [0.717, 1.165) is 35.8 Å². The maximum Gasteiger partial charge on any atom is 0.0247 e. The lowest BCUT2D eigenvalue weighted by Crippen LogP contribution is -2.63. The van der Waals surface area contributed by atoms with Crippen LogP contribution in [0.2, 0.25) is 0 Å². The largest absolute Gasteiger partial charge is 0.311 e. The highest BCUT2D eigenvalue weighted by atomic mass is 15.3. The van der Waals surface area contributed by atoms with Crippen LogP contribution >= 0.6 is 0 Å². The Labute approximate surface area is 133 Å². The van der Waals surface area contributed by atoms with Gasteiger partial charge in [-0.05, 0) is 42.9 Å². The van der Waals surface area contributed by atoms with Crippen molar-refractivity contribution in [2.75, 3.05) is 13.1 Å². The predicted molar refractivity (Wildman–Crippen MR) is 92.5 cm³/mol. The van der Waals surface area contributed by atoms with Crippen LogP contribution in [0, 0.1) is 23.7 Å². The second-order valence-corrected chi connectivity index (χ2v) is 8.33. The minimum Gasteiger partial charge on any atom is -0.311 e. The van der Waals surface area contributed by atoms with Gasteiger partial charge in [-0.2, -0.15) is 0 Å². The predicted octanol–water partition coefficient (Wildman–Crippen LogP) is 4.16. The van der Waals surface area contributed by atoms with Gasteiger partial charge in [0.25, 0.3) is 0 Å². The summed E-state index contributed by atoms with van der Waals surface area (Å²) in [5, 5.41) is 3.85. The maximum absolute atomic E-state index is 3.85. The average molecular weight is 295 g/mol. The molecule has 2 aliphatic rings. The lowest BCUT2D eigenvalue weighted by atomic mass is 9.77. The van der Waals surface area contributed by atoms with Gasteiger partial charge in [0.1, 0.15) is 0 Å². The Kier molecular flexibility index (Phi) is 6.14. The molecule has 2 rings (SSSR count). The summed E-state index contributed by atoms with van der Waals surface area (Å²) in [4.78, 5) is 2.90. The van der Waals surface area contributed by atoms with E-state index in [-0.39, 0.29) is 0 Å². The van der Waals surface area contributed by atoms with E-state index in [9.17, 15) is 0 Å². The quantitative estimate of drug-likeness (QED) is 0.837. The van der Waals surface area contributed by atoms with Gasteiger partial charge in [-0.1, -0.05) is 48.0 Å². The summed E-state index contributed by atoms with van der Waals surface area (Å²) >= 11 is 0. The van der Waals surface area contributed by atoms with Gasteiger partial charge in [0.2, 0.25) is 0 Å². The molecular weight excluding hydrogens is 256 g/mol. The molecule has 1 saturated heterocycles. The first kappa shape index (κ1) is 17.3. The molecule has 0 aromatic carbocycles. The molecule has 6 unspecified atom stereocenters. The second-order valence-electron chi connectivity index (χ2n) is 8.33. The summed E-state index contributed by atoms with van der Waals surface area (Å²) in [6.07, 6.45) is 5.55. The Bertz CT molecular complexity index is 315. The summed E-state index contributed by atoms with van der Waals surface area (Å²) in [5.41, 5.74) is 0. The van der Waals surface area contributed by atoms with Gasteiger partial charge in [-0.25, -0.2) is 0 Å². The highest BCUT2D eigenvalue weighted by Gasteiger charge is 2.38. The lowest BCUT2D eigenvalue weighted by molar-refractivity contribution is 0.0121. The smallest absolute Gasteiger partial charge is 0.0247 e. The van der Waals surface area contributed by atoms with E-state index in [0.29, 0.717) is 6.04 Å². The molecule has 124 valence electrons. The SMILES string of the molecule is CCC(C)C1CN(C2CCC(C)C(C)C2)C(C(C)C)CN1. The van der Waals surface area contributed by atoms with Crippen LogP contribution in [0.4, 0.5) is 0 Å². The molecule has 1 saturated carbocycles. The van der Waals surface area contributed by atoms with Crippen LogP contribution in [-0.4, -0.2) is 36.1 Å². The monoisotopic (exact) mass is 294 g/mol. The first-order valence-corrected chi connectivity index (χ1v) is 9.43. The van der Waals surface area contributed by atoms with E-state index in [2.05, 4.69) is 51.8 Å². The van der Waals surface area contributed by atoms with Crippen molar-refractivity contribution in [3.05, 3.63) is 0 Å². The zero-order valence-electron chi connectivity index (χ0n) is 15.2. The van der Waals surface area contributed by atoms with Crippen LogP contribution in [0.3, 0.4) is 0 Å². The van der Waals surface area contributed by atoms with Crippen LogP contribution < -0.4 is 5.32 Å². The molecule has 0 spiro atoms. The molecule has 1 aliphatic carbocycles. The van der Waals surface area contributed by atoms with Gasteiger partial charge in [-0.15, -0.1) is 0 Å². The summed E-state index contributed by atoms with van der Waals surface area (Å²) in [6, 6.07) is 2.26. The summed E-state index contributed by atoms with van der Waals surface area (Å²) in [7, 11) is 0. The van der Waals surface area contributed by atoms with E-state index in [4.69, 9.17) is 0 Å². The van der Waals surface area contributed by atoms with Gasteiger partial charge < -0.3 is 5.32 Å². The van der Waals surface area contributed by atoms with Crippen molar-refractivity contribution >= 4 is 0 Å². The molecule has 0 bridgehead atoms. The molecule has 0 aromatic rings. The fourth-order valence-electron chi connectivity index (χ4n) is 4.34. The van der Waals surface area contributed by atoms with Gasteiger partial charge in [-0.3, -0.25) is 4.90 Å². The highest BCUT2D eigenvalue weighted by Crippen LogP contribution is 2.35. The zero-order valence-corrected chi connectivity index (χ0v) is 15.2. The standard InChI is InChI=1S/C19H38N2/c1-7-14(4)18-12-21(19(11-20-18)13(2)3)17-9-8-15(5)16(6)10-17/h13-20H,7-12H2,1-6H3. The molecule has 2 heteroatoms. The Morgan fingerprint density at radius 3 is 2.38 bits per heavy atom. The molecule has 0 aromatic heterocycles. The summed E-state index contributed by atoms with van der Waals surface area (Å²) in [6.45, 7) is 16.9. The number of piperazine rings is 1. The van der Waals surface area contributed by atoms with Crippen molar-refractivity contribution < 1.29 is 0 Å². The minimum atomic E-state index is 0.694. The maximum atomic E-state index is 3.85. The molecule has 2 nitrogen and oxygen atoms in total. The summed E-state index contributed by atoms with van der Waals surface area (Å²) < 4.78 is 0. The Hall–Kier alpha value is -0.0800. The molecule has 0 radical (unpaired) electrons. The van der Waals surface area contributed by atoms with Crippen LogP contribution in [0.25, 0.3) is 0 Å². The van der Waals surface area contributed by atoms with Crippen LogP contribution in [0.1, 0.15) is 67.2 Å². The minimum absolute atomic E-state index is 0.694. The molecule has 2 fully saturated rings. The van der Waals surface area contributed by atoms with Crippen LogP contribution in [0.5, 0.6) is 0 Å². The third-order valence-electron chi connectivity index (χ3n) is 6.56. The fraction of sp³-hybridized carbons (Fsp3) is 1.00. The van der Waals surface area contributed by atoms with E-state index in [1.165, 1.54) is 38.8 Å². The van der Waals surface area contributed by atoms with Gasteiger partial charge >= 0.3 is 0 Å².